The van der Waals surface area contributed by atoms with Crippen LogP contribution in [0.3, 0.4) is 0 Å². The van der Waals surface area contributed by atoms with Gasteiger partial charge in [-0.2, -0.15) is 0 Å². The fourth-order valence-corrected chi connectivity index (χ4v) is 1.97. The van der Waals surface area contributed by atoms with E-state index in [0.717, 1.165) is 12.1 Å². The van der Waals surface area contributed by atoms with Crippen LogP contribution in [-0.2, 0) is 0 Å². The van der Waals surface area contributed by atoms with Crippen LogP contribution in [-0.4, -0.2) is 0 Å². The third-order valence-electron chi connectivity index (χ3n) is 2.24. The molecule has 0 radical (unpaired) electrons. The highest BCUT2D eigenvalue weighted by Crippen LogP contribution is 2.34. The Morgan fingerprint density at radius 2 is 1.47 bits per heavy atom. The Morgan fingerprint density at radius 1 is 0.824 bits per heavy atom. The standard InChI is InChI=1S/C12H5Cl2F3/c13-6-1-2-7(8(14)5-6)11-9(15)3-4-10(16)12(11)17/h1-5H. The fourth-order valence-electron chi connectivity index (χ4n) is 1.47. The van der Waals surface area contributed by atoms with E-state index in [-0.39, 0.29) is 10.6 Å². The predicted molar refractivity (Wildman–Crippen MR) is 61.8 cm³/mol. The number of rotatable bonds is 1. The molecule has 0 fully saturated rings. The van der Waals surface area contributed by atoms with Crippen molar-refractivity contribution < 1.29 is 13.2 Å². The summed E-state index contributed by atoms with van der Waals surface area (Å²) in [5.41, 5.74) is -0.433. The molecule has 0 N–H and O–H groups in total. The second kappa shape index (κ2) is 4.59. The minimum absolute atomic E-state index is 0.0564. The maximum absolute atomic E-state index is 13.5. The van der Waals surface area contributed by atoms with Crippen molar-refractivity contribution in [2.75, 3.05) is 0 Å². The molecule has 0 spiro atoms. The summed E-state index contributed by atoms with van der Waals surface area (Å²) in [6.45, 7) is 0. The number of halogens is 5. The summed E-state index contributed by atoms with van der Waals surface area (Å²) in [5.74, 6) is -3.28. The quantitative estimate of drug-likeness (QED) is 0.638. The van der Waals surface area contributed by atoms with Crippen LogP contribution >= 0.6 is 23.2 Å². The first-order chi connectivity index (χ1) is 8.00. The lowest BCUT2D eigenvalue weighted by Gasteiger charge is -2.08. The van der Waals surface area contributed by atoms with Crippen molar-refractivity contribution in [2.45, 2.75) is 0 Å². The lowest BCUT2D eigenvalue weighted by Crippen LogP contribution is -1.94. The molecular weight excluding hydrogens is 272 g/mol. The summed E-state index contributed by atoms with van der Waals surface area (Å²) in [4.78, 5) is 0. The molecule has 0 unspecified atom stereocenters. The maximum Gasteiger partial charge on any atom is 0.169 e. The Kier molecular flexibility index (Phi) is 3.31. The molecule has 0 saturated carbocycles. The lowest BCUT2D eigenvalue weighted by atomic mass is 10.0. The maximum atomic E-state index is 13.5. The van der Waals surface area contributed by atoms with Gasteiger partial charge < -0.3 is 0 Å². The average molecular weight is 277 g/mol. The summed E-state index contributed by atoms with van der Waals surface area (Å²) < 4.78 is 40.1. The smallest absolute Gasteiger partial charge is 0.169 e. The first kappa shape index (κ1) is 12.3. The zero-order valence-electron chi connectivity index (χ0n) is 8.28. The summed E-state index contributed by atoms with van der Waals surface area (Å²) in [7, 11) is 0. The molecule has 0 aromatic heterocycles. The third-order valence-corrected chi connectivity index (χ3v) is 2.79. The Bertz CT molecular complexity index is 582. The summed E-state index contributed by atoms with van der Waals surface area (Å²) in [5, 5.41) is 0.386. The molecule has 88 valence electrons. The monoisotopic (exact) mass is 276 g/mol. The Balaban J connectivity index is 2.72. The molecule has 0 atom stereocenters. The molecule has 0 saturated heterocycles. The van der Waals surface area contributed by atoms with E-state index in [4.69, 9.17) is 23.2 Å². The normalized spacial score (nSPS) is 10.6. The van der Waals surface area contributed by atoms with Gasteiger partial charge in [0.2, 0.25) is 0 Å². The molecule has 0 amide bonds. The minimum Gasteiger partial charge on any atom is -0.206 e. The van der Waals surface area contributed by atoms with E-state index in [1.807, 2.05) is 0 Å². The second-order valence-corrected chi connectivity index (χ2v) is 4.19. The summed E-state index contributed by atoms with van der Waals surface area (Å²) in [6, 6.07) is 5.66. The van der Waals surface area contributed by atoms with Crippen molar-refractivity contribution in [1.29, 1.82) is 0 Å². The largest absolute Gasteiger partial charge is 0.206 e. The molecule has 0 bridgehead atoms. The van der Waals surface area contributed by atoms with Crippen molar-refractivity contribution in [3.63, 3.8) is 0 Å². The van der Waals surface area contributed by atoms with Crippen molar-refractivity contribution >= 4 is 23.2 Å². The molecule has 0 heterocycles. The van der Waals surface area contributed by atoms with Crippen molar-refractivity contribution in [1.82, 2.24) is 0 Å². The molecule has 0 aliphatic heterocycles. The van der Waals surface area contributed by atoms with Crippen LogP contribution in [0.2, 0.25) is 10.0 Å². The average Bonchev–Trinajstić information content (AvgIpc) is 2.27. The molecule has 2 aromatic carbocycles. The van der Waals surface area contributed by atoms with E-state index in [1.165, 1.54) is 18.2 Å². The van der Waals surface area contributed by atoms with E-state index in [1.54, 1.807) is 0 Å². The van der Waals surface area contributed by atoms with E-state index < -0.39 is 23.0 Å². The first-order valence-electron chi connectivity index (χ1n) is 4.59. The summed E-state index contributed by atoms with van der Waals surface area (Å²) >= 11 is 11.5. The van der Waals surface area contributed by atoms with Gasteiger partial charge in [0, 0.05) is 10.6 Å². The zero-order valence-corrected chi connectivity index (χ0v) is 9.79. The van der Waals surface area contributed by atoms with Crippen LogP contribution in [0, 0.1) is 17.5 Å². The van der Waals surface area contributed by atoms with Gasteiger partial charge in [0.05, 0.1) is 10.6 Å². The van der Waals surface area contributed by atoms with Gasteiger partial charge in [0.25, 0.3) is 0 Å². The molecule has 5 heteroatoms. The molecule has 2 rings (SSSR count). The highest BCUT2D eigenvalue weighted by molar-refractivity contribution is 6.36. The predicted octanol–water partition coefficient (Wildman–Crippen LogP) is 5.08. The highest BCUT2D eigenvalue weighted by atomic mass is 35.5. The van der Waals surface area contributed by atoms with Gasteiger partial charge in [-0.25, -0.2) is 13.2 Å². The number of hydrogen-bond acceptors (Lipinski definition) is 0. The fraction of sp³-hybridized carbons (Fsp3) is 0. The third kappa shape index (κ3) is 2.26. The minimum atomic E-state index is -1.27. The van der Waals surface area contributed by atoms with Crippen LogP contribution in [0.25, 0.3) is 11.1 Å². The van der Waals surface area contributed by atoms with Gasteiger partial charge in [-0.1, -0.05) is 29.3 Å². The highest BCUT2D eigenvalue weighted by Gasteiger charge is 2.17. The van der Waals surface area contributed by atoms with E-state index in [9.17, 15) is 13.2 Å². The van der Waals surface area contributed by atoms with Crippen molar-refractivity contribution in [2.24, 2.45) is 0 Å². The van der Waals surface area contributed by atoms with Gasteiger partial charge in [0.1, 0.15) is 5.82 Å². The molecule has 17 heavy (non-hydrogen) atoms. The van der Waals surface area contributed by atoms with E-state index >= 15 is 0 Å². The van der Waals surface area contributed by atoms with E-state index in [2.05, 4.69) is 0 Å². The lowest BCUT2D eigenvalue weighted by molar-refractivity contribution is 0.499. The second-order valence-electron chi connectivity index (χ2n) is 3.34. The Hall–Kier alpha value is -1.19. The number of hydrogen-bond donors (Lipinski definition) is 0. The Morgan fingerprint density at radius 3 is 2.12 bits per heavy atom. The van der Waals surface area contributed by atoms with Gasteiger partial charge in [0.15, 0.2) is 11.6 Å². The molecule has 0 nitrogen and oxygen atoms in total. The zero-order chi connectivity index (χ0) is 12.6. The number of benzene rings is 2. The summed E-state index contributed by atoms with van der Waals surface area (Å²) in [6.07, 6.45) is 0. The molecular formula is C12H5Cl2F3. The van der Waals surface area contributed by atoms with Gasteiger partial charge in [-0.05, 0) is 24.3 Å². The van der Waals surface area contributed by atoms with Crippen LogP contribution in [0.4, 0.5) is 13.2 Å². The van der Waals surface area contributed by atoms with Gasteiger partial charge in [-0.15, -0.1) is 0 Å². The van der Waals surface area contributed by atoms with Crippen LogP contribution in [0.1, 0.15) is 0 Å². The molecule has 0 aliphatic rings. The topological polar surface area (TPSA) is 0 Å². The van der Waals surface area contributed by atoms with Crippen LogP contribution in [0.5, 0.6) is 0 Å². The molecule has 0 aliphatic carbocycles. The molecule has 2 aromatic rings. The van der Waals surface area contributed by atoms with Crippen molar-refractivity contribution in [3.05, 3.63) is 57.8 Å². The van der Waals surface area contributed by atoms with Crippen molar-refractivity contribution in [3.8, 4) is 11.1 Å². The van der Waals surface area contributed by atoms with Gasteiger partial charge >= 0.3 is 0 Å². The SMILES string of the molecule is Fc1ccc(F)c(-c2ccc(Cl)cc2Cl)c1F. The van der Waals surface area contributed by atoms with Gasteiger partial charge in [-0.3, -0.25) is 0 Å². The Labute approximate surface area is 106 Å². The first-order valence-corrected chi connectivity index (χ1v) is 5.35. The van der Waals surface area contributed by atoms with Crippen LogP contribution < -0.4 is 0 Å². The van der Waals surface area contributed by atoms with E-state index in [0.29, 0.717) is 5.02 Å². The van der Waals surface area contributed by atoms with Crippen LogP contribution in [0.15, 0.2) is 30.3 Å².